The molecule has 1 aromatic heterocycles. The van der Waals surface area contributed by atoms with Crippen molar-refractivity contribution in [2.75, 3.05) is 10.6 Å². The van der Waals surface area contributed by atoms with Crippen molar-refractivity contribution in [3.8, 4) is 0 Å². The molecule has 1 fully saturated rings. The lowest BCUT2D eigenvalue weighted by molar-refractivity contribution is -0.125. The molecule has 1 atom stereocenters. The van der Waals surface area contributed by atoms with Gasteiger partial charge in [-0.15, -0.1) is 0 Å². The van der Waals surface area contributed by atoms with Crippen molar-refractivity contribution < 1.29 is 18.4 Å². The lowest BCUT2D eigenvalue weighted by Gasteiger charge is -2.32. The summed E-state index contributed by atoms with van der Waals surface area (Å²) < 4.78 is 28.6. The Bertz CT molecular complexity index is 1030. The Balaban J connectivity index is 1.54. The van der Waals surface area contributed by atoms with Gasteiger partial charge in [0.25, 0.3) is 0 Å². The van der Waals surface area contributed by atoms with E-state index in [0.717, 1.165) is 0 Å². The van der Waals surface area contributed by atoms with E-state index in [1.54, 1.807) is 29.1 Å². The normalized spacial score (nSPS) is 25.5. The maximum atomic E-state index is 13.5. The minimum Gasteiger partial charge on any atom is -0.325 e. The van der Waals surface area contributed by atoms with Gasteiger partial charge in [-0.1, -0.05) is 11.6 Å². The van der Waals surface area contributed by atoms with Crippen LogP contribution >= 0.6 is 11.6 Å². The van der Waals surface area contributed by atoms with E-state index in [4.69, 9.17) is 11.6 Å². The summed E-state index contributed by atoms with van der Waals surface area (Å²) in [6.07, 6.45) is 2.10. The highest BCUT2D eigenvalue weighted by molar-refractivity contribution is 6.31. The zero-order chi connectivity index (χ0) is 20.4. The number of fused-ring (bicyclic) bond motifs is 4. The fourth-order valence-corrected chi connectivity index (χ4v) is 4.95. The zero-order valence-corrected chi connectivity index (χ0v) is 16.2. The van der Waals surface area contributed by atoms with Gasteiger partial charge >= 0.3 is 0 Å². The molecule has 6 nitrogen and oxygen atoms in total. The summed E-state index contributed by atoms with van der Waals surface area (Å²) in [4.78, 5) is 25.6. The SMILES string of the molecule is O=C1CC2(C(=O)Nc3ccc(Cl)cc32)c2cnn(CC3CCC(F)(F)CC3)c2N1. The molecule has 2 aromatic rings. The fourth-order valence-electron chi connectivity index (χ4n) is 4.78. The number of alkyl halides is 2. The molecule has 9 heteroatoms. The summed E-state index contributed by atoms with van der Waals surface area (Å²) >= 11 is 6.17. The Labute approximate surface area is 170 Å². The number of rotatable bonds is 2. The Kier molecular flexibility index (Phi) is 4.00. The first-order chi connectivity index (χ1) is 13.8. The predicted molar refractivity (Wildman–Crippen MR) is 103 cm³/mol. The Morgan fingerprint density at radius 1 is 1.17 bits per heavy atom. The van der Waals surface area contributed by atoms with Gasteiger partial charge in [0.05, 0.1) is 6.20 Å². The molecule has 2 aliphatic heterocycles. The number of amides is 2. The first kappa shape index (κ1) is 18.5. The summed E-state index contributed by atoms with van der Waals surface area (Å²) in [7, 11) is 0. The van der Waals surface area contributed by atoms with Crippen LogP contribution < -0.4 is 10.6 Å². The lowest BCUT2D eigenvalue weighted by atomic mass is 9.72. The number of carbonyl (C=O) groups is 2. The van der Waals surface area contributed by atoms with Gasteiger partial charge in [0, 0.05) is 42.1 Å². The molecule has 3 aliphatic rings. The topological polar surface area (TPSA) is 76.0 Å². The summed E-state index contributed by atoms with van der Waals surface area (Å²) in [5, 5.41) is 10.6. The molecule has 1 aromatic carbocycles. The zero-order valence-electron chi connectivity index (χ0n) is 15.5. The summed E-state index contributed by atoms with van der Waals surface area (Å²) in [6, 6.07) is 5.12. The highest BCUT2D eigenvalue weighted by Gasteiger charge is 2.54. The molecule has 1 unspecified atom stereocenters. The first-order valence-electron chi connectivity index (χ1n) is 9.64. The van der Waals surface area contributed by atoms with Crippen LogP contribution in [0.3, 0.4) is 0 Å². The molecule has 2 N–H and O–H groups in total. The molecule has 0 bridgehead atoms. The third-order valence-electron chi connectivity index (χ3n) is 6.33. The highest BCUT2D eigenvalue weighted by atomic mass is 35.5. The van der Waals surface area contributed by atoms with Crippen LogP contribution in [0, 0.1) is 5.92 Å². The van der Waals surface area contributed by atoms with Crippen LogP contribution in [-0.2, 0) is 21.5 Å². The second-order valence-electron chi connectivity index (χ2n) is 8.16. The van der Waals surface area contributed by atoms with Crippen LogP contribution in [0.1, 0.15) is 43.2 Å². The van der Waals surface area contributed by atoms with E-state index in [2.05, 4.69) is 15.7 Å². The molecule has 1 spiro atoms. The van der Waals surface area contributed by atoms with E-state index in [1.165, 1.54) is 0 Å². The van der Waals surface area contributed by atoms with Gasteiger partial charge in [-0.25, -0.2) is 13.5 Å². The standard InChI is InChI=1S/C20H19ClF2N4O2/c21-12-1-2-15-13(7-12)20(18(29)25-15)8-16(28)26-17-14(20)9-24-27(17)10-11-3-5-19(22,23)6-4-11/h1-2,7,9,11H,3-6,8,10H2,(H,25,29)(H,26,28). The summed E-state index contributed by atoms with van der Waals surface area (Å²) in [5.74, 6) is -2.67. The molecular formula is C20H19ClF2N4O2. The number of nitrogens with zero attached hydrogens (tertiary/aromatic N) is 2. The van der Waals surface area contributed by atoms with Crippen molar-refractivity contribution in [2.45, 2.75) is 50.0 Å². The number of aromatic nitrogens is 2. The predicted octanol–water partition coefficient (Wildman–Crippen LogP) is 3.94. The molecule has 1 saturated carbocycles. The van der Waals surface area contributed by atoms with E-state index >= 15 is 0 Å². The van der Waals surface area contributed by atoms with E-state index in [-0.39, 0.29) is 37.0 Å². The second-order valence-corrected chi connectivity index (χ2v) is 8.60. The molecule has 1 aliphatic carbocycles. The summed E-state index contributed by atoms with van der Waals surface area (Å²) in [5.41, 5.74) is 0.706. The van der Waals surface area contributed by atoms with Crippen LogP contribution in [0.4, 0.5) is 20.3 Å². The molecule has 0 radical (unpaired) electrons. The van der Waals surface area contributed by atoms with Gasteiger partial charge in [-0.05, 0) is 42.5 Å². The molecular weight excluding hydrogens is 402 g/mol. The number of nitrogens with one attached hydrogen (secondary N) is 2. The number of anilines is 2. The van der Waals surface area contributed by atoms with Crippen molar-refractivity contribution in [2.24, 2.45) is 5.92 Å². The van der Waals surface area contributed by atoms with Crippen LogP contribution in [-0.4, -0.2) is 27.5 Å². The molecule has 2 amide bonds. The van der Waals surface area contributed by atoms with Gasteiger partial charge < -0.3 is 10.6 Å². The molecule has 5 rings (SSSR count). The van der Waals surface area contributed by atoms with E-state index < -0.39 is 11.3 Å². The number of hydrogen-bond donors (Lipinski definition) is 2. The monoisotopic (exact) mass is 420 g/mol. The molecule has 29 heavy (non-hydrogen) atoms. The smallest absolute Gasteiger partial charge is 0.248 e. The number of halogens is 3. The molecule has 3 heterocycles. The van der Waals surface area contributed by atoms with Crippen LogP contribution in [0.5, 0.6) is 0 Å². The molecule has 0 saturated heterocycles. The fraction of sp³-hybridized carbons (Fsp3) is 0.450. The van der Waals surface area contributed by atoms with E-state index in [0.29, 0.717) is 47.0 Å². The van der Waals surface area contributed by atoms with Crippen LogP contribution in [0.25, 0.3) is 0 Å². The van der Waals surface area contributed by atoms with Crippen molar-refractivity contribution in [1.29, 1.82) is 0 Å². The van der Waals surface area contributed by atoms with Crippen molar-refractivity contribution in [3.05, 3.63) is 40.5 Å². The van der Waals surface area contributed by atoms with Gasteiger partial charge in [0.15, 0.2) is 0 Å². The van der Waals surface area contributed by atoms with Crippen LogP contribution in [0.2, 0.25) is 5.02 Å². The third-order valence-corrected chi connectivity index (χ3v) is 6.56. The van der Waals surface area contributed by atoms with E-state index in [9.17, 15) is 18.4 Å². The number of hydrogen-bond acceptors (Lipinski definition) is 3. The first-order valence-corrected chi connectivity index (χ1v) is 10.0. The maximum Gasteiger partial charge on any atom is 0.248 e. The van der Waals surface area contributed by atoms with Gasteiger partial charge in [0.2, 0.25) is 17.7 Å². The minimum absolute atomic E-state index is 0.0412. The number of benzene rings is 1. The summed E-state index contributed by atoms with van der Waals surface area (Å²) in [6.45, 7) is 0.422. The van der Waals surface area contributed by atoms with Gasteiger partial charge in [-0.3, -0.25) is 9.59 Å². The van der Waals surface area contributed by atoms with Gasteiger partial charge in [-0.2, -0.15) is 5.10 Å². The highest BCUT2D eigenvalue weighted by Crippen LogP contribution is 2.50. The minimum atomic E-state index is -2.59. The average Bonchev–Trinajstić information content (AvgIpc) is 3.17. The van der Waals surface area contributed by atoms with Crippen LogP contribution in [0.15, 0.2) is 24.4 Å². The van der Waals surface area contributed by atoms with E-state index in [1.807, 2.05) is 0 Å². The van der Waals surface area contributed by atoms with Crippen molar-refractivity contribution >= 4 is 34.9 Å². The number of carbonyl (C=O) groups excluding carboxylic acids is 2. The van der Waals surface area contributed by atoms with Gasteiger partial charge in [0.1, 0.15) is 11.2 Å². The molecule has 152 valence electrons. The Morgan fingerprint density at radius 3 is 2.69 bits per heavy atom. The third kappa shape index (κ3) is 2.84. The Hall–Kier alpha value is -2.48. The lowest BCUT2D eigenvalue weighted by Crippen LogP contribution is -2.43. The average molecular weight is 421 g/mol. The largest absolute Gasteiger partial charge is 0.325 e. The Morgan fingerprint density at radius 2 is 1.93 bits per heavy atom. The quantitative estimate of drug-likeness (QED) is 0.772. The van der Waals surface area contributed by atoms with Crippen molar-refractivity contribution in [3.63, 3.8) is 0 Å². The maximum absolute atomic E-state index is 13.5. The van der Waals surface area contributed by atoms with Crippen molar-refractivity contribution in [1.82, 2.24) is 9.78 Å². The second kappa shape index (κ2) is 6.26.